The minimum Gasteiger partial charge on any atom is -0.497 e. The molecule has 0 spiro atoms. The second-order valence-electron chi connectivity index (χ2n) is 8.40. The number of likely N-dealkylation sites (tertiary alicyclic amines) is 1. The molecule has 1 aromatic heterocycles. The van der Waals surface area contributed by atoms with E-state index >= 15 is 0 Å². The Morgan fingerprint density at radius 3 is 2.71 bits per heavy atom. The highest BCUT2D eigenvalue weighted by Crippen LogP contribution is 2.35. The van der Waals surface area contributed by atoms with E-state index in [9.17, 15) is 9.59 Å². The number of carbonyl (C=O) groups excluding carboxylic acids is 2. The minimum atomic E-state index is -0.108. The van der Waals surface area contributed by atoms with E-state index in [1.165, 1.54) is 6.92 Å². The highest BCUT2D eigenvalue weighted by molar-refractivity contribution is 5.92. The quantitative estimate of drug-likeness (QED) is 0.801. The largest absolute Gasteiger partial charge is 0.497 e. The van der Waals surface area contributed by atoms with Crippen molar-refractivity contribution in [1.29, 1.82) is 0 Å². The summed E-state index contributed by atoms with van der Waals surface area (Å²) in [5.41, 5.74) is 1.73. The van der Waals surface area contributed by atoms with Crippen LogP contribution < -0.4 is 15.0 Å². The molecule has 0 aliphatic carbocycles. The van der Waals surface area contributed by atoms with Gasteiger partial charge in [-0.05, 0) is 48.6 Å². The fourth-order valence-corrected chi connectivity index (χ4v) is 4.75. The molecule has 4 rings (SSSR count). The first-order valence-corrected chi connectivity index (χ1v) is 10.9. The smallest absolute Gasteiger partial charge is 0.227 e. The number of rotatable bonds is 5. The molecule has 0 radical (unpaired) electrons. The first-order valence-electron chi connectivity index (χ1n) is 10.9. The van der Waals surface area contributed by atoms with Crippen LogP contribution in [0.5, 0.6) is 5.75 Å². The van der Waals surface area contributed by atoms with Crippen molar-refractivity contribution >= 4 is 23.3 Å². The van der Waals surface area contributed by atoms with Crippen molar-refractivity contribution in [3.8, 4) is 5.75 Å². The number of amides is 2. The molecule has 0 saturated carbocycles. The van der Waals surface area contributed by atoms with Crippen LogP contribution in [-0.4, -0.2) is 54.5 Å². The second-order valence-corrected chi connectivity index (χ2v) is 8.40. The van der Waals surface area contributed by atoms with Crippen LogP contribution >= 0.6 is 0 Å². The summed E-state index contributed by atoms with van der Waals surface area (Å²) in [6.45, 7) is 3.86. The number of nitrogens with one attached hydrogen (secondary N) is 1. The first-order chi connectivity index (χ1) is 15.0. The average Bonchev–Trinajstić information content (AvgIpc) is 3.09. The van der Waals surface area contributed by atoms with Crippen LogP contribution in [0, 0.1) is 5.92 Å². The molecule has 31 heavy (non-hydrogen) atoms. The second kappa shape index (κ2) is 9.37. The molecule has 3 heterocycles. The van der Waals surface area contributed by atoms with Gasteiger partial charge in [0.2, 0.25) is 11.8 Å². The average molecular weight is 423 g/mol. The van der Waals surface area contributed by atoms with Crippen LogP contribution in [0.1, 0.15) is 31.7 Å². The van der Waals surface area contributed by atoms with Crippen molar-refractivity contribution in [2.45, 2.75) is 38.6 Å². The number of anilines is 2. The number of carbonyl (C=O) groups is 2. The summed E-state index contributed by atoms with van der Waals surface area (Å²) >= 11 is 0. The molecule has 0 unspecified atom stereocenters. The van der Waals surface area contributed by atoms with Gasteiger partial charge >= 0.3 is 0 Å². The molecule has 2 fully saturated rings. The maximum atomic E-state index is 13.1. The zero-order valence-electron chi connectivity index (χ0n) is 18.2. The Balaban J connectivity index is 1.51. The Kier molecular flexibility index (Phi) is 6.39. The molecule has 7 nitrogen and oxygen atoms in total. The van der Waals surface area contributed by atoms with Crippen molar-refractivity contribution in [2.24, 2.45) is 5.92 Å². The van der Waals surface area contributed by atoms with Crippen molar-refractivity contribution in [3.63, 3.8) is 0 Å². The van der Waals surface area contributed by atoms with E-state index in [2.05, 4.69) is 15.2 Å². The fraction of sp³-hybridized carbons (Fsp3) is 0.458. The molecule has 164 valence electrons. The van der Waals surface area contributed by atoms with Crippen molar-refractivity contribution in [1.82, 2.24) is 9.88 Å². The third kappa shape index (κ3) is 4.81. The molecule has 2 aliphatic rings. The normalized spacial score (nSPS) is 20.7. The maximum Gasteiger partial charge on any atom is 0.227 e. The SMILES string of the molecule is COc1ccc(CC(=O)N2C[C@H]3CCCCN(c4ncccc4NC(C)=O)[C@H]3C2)cc1. The van der Waals surface area contributed by atoms with E-state index < -0.39 is 0 Å². The molecule has 1 aromatic carbocycles. The molecular formula is C24H30N4O3. The van der Waals surface area contributed by atoms with E-state index in [0.29, 0.717) is 18.9 Å². The van der Waals surface area contributed by atoms with Gasteiger partial charge in [0.15, 0.2) is 5.82 Å². The van der Waals surface area contributed by atoms with Gasteiger partial charge in [0.25, 0.3) is 0 Å². The van der Waals surface area contributed by atoms with Crippen LogP contribution in [0.4, 0.5) is 11.5 Å². The zero-order valence-corrected chi connectivity index (χ0v) is 18.2. The van der Waals surface area contributed by atoms with E-state index in [1.54, 1.807) is 13.3 Å². The predicted octanol–water partition coefficient (Wildman–Crippen LogP) is 3.11. The standard InChI is InChI=1S/C24H30N4O3/c1-17(29)26-21-7-5-12-25-24(21)28-13-4-3-6-19-15-27(16-22(19)28)23(30)14-18-8-10-20(31-2)11-9-18/h5,7-12,19,22H,3-4,6,13-16H2,1-2H3,(H,26,29)/t19-,22+/m1/s1. The predicted molar refractivity (Wildman–Crippen MR) is 120 cm³/mol. The number of hydrogen-bond acceptors (Lipinski definition) is 5. The number of hydrogen-bond donors (Lipinski definition) is 1. The number of fused-ring (bicyclic) bond motifs is 1. The van der Waals surface area contributed by atoms with E-state index in [4.69, 9.17) is 4.74 Å². The van der Waals surface area contributed by atoms with Crippen molar-refractivity contribution < 1.29 is 14.3 Å². The summed E-state index contributed by atoms with van der Waals surface area (Å²) in [5.74, 6) is 2.05. The first kappa shape index (κ1) is 21.2. The lowest BCUT2D eigenvalue weighted by Crippen LogP contribution is -2.42. The zero-order chi connectivity index (χ0) is 21.8. The van der Waals surface area contributed by atoms with Gasteiger partial charge in [-0.15, -0.1) is 0 Å². The topological polar surface area (TPSA) is 74.8 Å². The molecule has 7 heteroatoms. The Hall–Kier alpha value is -3.09. The summed E-state index contributed by atoms with van der Waals surface area (Å²) in [6, 6.07) is 11.6. The number of methoxy groups -OCH3 is 1. The third-order valence-electron chi connectivity index (χ3n) is 6.27. The molecule has 0 bridgehead atoms. The van der Waals surface area contributed by atoms with E-state index in [-0.39, 0.29) is 17.9 Å². The molecule has 2 atom stereocenters. The Morgan fingerprint density at radius 2 is 1.97 bits per heavy atom. The summed E-state index contributed by atoms with van der Waals surface area (Å²) in [7, 11) is 1.64. The molecule has 1 N–H and O–H groups in total. The highest BCUT2D eigenvalue weighted by Gasteiger charge is 2.40. The number of aromatic nitrogens is 1. The number of pyridine rings is 1. The minimum absolute atomic E-state index is 0.108. The molecule has 2 saturated heterocycles. The summed E-state index contributed by atoms with van der Waals surface area (Å²) in [5, 5.41) is 2.91. The molecule has 2 aliphatic heterocycles. The van der Waals surface area contributed by atoms with Crippen molar-refractivity contribution in [2.75, 3.05) is 37.0 Å². The van der Waals surface area contributed by atoms with Gasteiger partial charge in [0.05, 0.1) is 25.3 Å². The number of nitrogens with zero attached hydrogens (tertiary/aromatic N) is 3. The monoisotopic (exact) mass is 422 g/mol. The number of ether oxygens (including phenoxy) is 1. The van der Waals surface area contributed by atoms with Gasteiger partial charge < -0.3 is 19.9 Å². The van der Waals surface area contributed by atoms with Crippen LogP contribution in [-0.2, 0) is 16.0 Å². The lowest BCUT2D eigenvalue weighted by molar-refractivity contribution is -0.129. The Labute approximate surface area is 183 Å². The molecular weight excluding hydrogens is 392 g/mol. The summed E-state index contributed by atoms with van der Waals surface area (Å²) in [4.78, 5) is 33.7. The summed E-state index contributed by atoms with van der Waals surface area (Å²) in [6.07, 6.45) is 5.49. The summed E-state index contributed by atoms with van der Waals surface area (Å²) < 4.78 is 5.20. The lowest BCUT2D eigenvalue weighted by atomic mass is 9.98. The van der Waals surface area contributed by atoms with Crippen LogP contribution in [0.25, 0.3) is 0 Å². The number of benzene rings is 1. The van der Waals surface area contributed by atoms with Crippen LogP contribution in [0.3, 0.4) is 0 Å². The van der Waals surface area contributed by atoms with Gasteiger partial charge in [0.1, 0.15) is 5.75 Å². The Bertz CT molecular complexity index is 931. The maximum absolute atomic E-state index is 13.1. The van der Waals surface area contributed by atoms with E-state index in [0.717, 1.165) is 55.2 Å². The van der Waals surface area contributed by atoms with Gasteiger partial charge in [-0.1, -0.05) is 18.6 Å². The van der Waals surface area contributed by atoms with Crippen LogP contribution in [0.15, 0.2) is 42.6 Å². The van der Waals surface area contributed by atoms with Gasteiger partial charge in [-0.25, -0.2) is 4.98 Å². The van der Waals surface area contributed by atoms with Crippen molar-refractivity contribution in [3.05, 3.63) is 48.2 Å². The van der Waals surface area contributed by atoms with Crippen LogP contribution in [0.2, 0.25) is 0 Å². The molecule has 2 aromatic rings. The van der Waals surface area contributed by atoms with E-state index in [1.807, 2.05) is 41.3 Å². The Morgan fingerprint density at radius 1 is 1.16 bits per heavy atom. The highest BCUT2D eigenvalue weighted by atomic mass is 16.5. The van der Waals surface area contributed by atoms with Gasteiger partial charge in [0, 0.05) is 32.8 Å². The lowest BCUT2D eigenvalue weighted by Gasteiger charge is -2.32. The third-order valence-corrected chi connectivity index (χ3v) is 6.27. The van der Waals surface area contributed by atoms with Gasteiger partial charge in [-0.3, -0.25) is 9.59 Å². The molecule has 2 amide bonds. The fourth-order valence-electron chi connectivity index (χ4n) is 4.75. The van der Waals surface area contributed by atoms with Gasteiger partial charge in [-0.2, -0.15) is 0 Å².